The van der Waals surface area contributed by atoms with Gasteiger partial charge in [0.2, 0.25) is 11.2 Å². The maximum absolute atomic E-state index is 12.8. The third-order valence-corrected chi connectivity index (χ3v) is 4.26. The second-order valence-corrected chi connectivity index (χ2v) is 6.42. The molecule has 3 N–H and O–H groups in total. The quantitative estimate of drug-likeness (QED) is 0.474. The SMILES string of the molecule is COc1c(-c2ccc(O)c(O)c2CC=C(C)C)oc2cc(O)ccc2c1=O. The molecule has 3 aromatic rings. The number of benzene rings is 2. The molecule has 0 atom stereocenters. The lowest BCUT2D eigenvalue weighted by Crippen LogP contribution is -2.08. The number of hydrogen-bond donors (Lipinski definition) is 3. The lowest BCUT2D eigenvalue weighted by atomic mass is 9.98. The van der Waals surface area contributed by atoms with E-state index < -0.39 is 5.43 Å². The van der Waals surface area contributed by atoms with Gasteiger partial charge in [-0.05, 0) is 44.5 Å². The van der Waals surface area contributed by atoms with Gasteiger partial charge < -0.3 is 24.5 Å². The number of fused-ring (bicyclic) bond motifs is 1. The highest BCUT2D eigenvalue weighted by molar-refractivity contribution is 5.84. The van der Waals surface area contributed by atoms with Crippen LogP contribution in [-0.2, 0) is 6.42 Å². The van der Waals surface area contributed by atoms with Crippen molar-refractivity contribution in [3.63, 3.8) is 0 Å². The molecule has 2 aromatic carbocycles. The van der Waals surface area contributed by atoms with E-state index in [2.05, 4.69) is 0 Å². The summed E-state index contributed by atoms with van der Waals surface area (Å²) in [6.45, 7) is 3.83. The number of methoxy groups -OCH3 is 1. The molecule has 0 amide bonds. The van der Waals surface area contributed by atoms with Crippen LogP contribution in [0.1, 0.15) is 19.4 Å². The Labute approximate surface area is 155 Å². The summed E-state index contributed by atoms with van der Waals surface area (Å²) in [5.41, 5.74) is 1.64. The predicted molar refractivity (Wildman–Crippen MR) is 103 cm³/mol. The van der Waals surface area contributed by atoms with Gasteiger partial charge in [-0.1, -0.05) is 11.6 Å². The van der Waals surface area contributed by atoms with Crippen molar-refractivity contribution >= 4 is 11.0 Å². The Balaban J connectivity index is 2.36. The lowest BCUT2D eigenvalue weighted by Gasteiger charge is -2.14. The van der Waals surface area contributed by atoms with Gasteiger partial charge in [-0.3, -0.25) is 4.79 Å². The Morgan fingerprint density at radius 3 is 2.56 bits per heavy atom. The normalized spacial score (nSPS) is 10.8. The first-order chi connectivity index (χ1) is 12.8. The van der Waals surface area contributed by atoms with E-state index >= 15 is 0 Å². The minimum atomic E-state index is -0.394. The fourth-order valence-corrected chi connectivity index (χ4v) is 2.88. The first-order valence-corrected chi connectivity index (χ1v) is 8.34. The van der Waals surface area contributed by atoms with E-state index in [-0.39, 0.29) is 39.7 Å². The van der Waals surface area contributed by atoms with Crippen LogP contribution >= 0.6 is 0 Å². The standard InChI is InChI=1S/C21H20O6/c1-11(2)4-6-13-14(8-9-16(23)18(13)24)20-21(26-3)19(25)15-7-5-12(22)10-17(15)27-20/h4-5,7-10,22-24H,6H2,1-3H3. The summed E-state index contributed by atoms with van der Waals surface area (Å²) in [7, 11) is 1.36. The first-order valence-electron chi connectivity index (χ1n) is 8.34. The Morgan fingerprint density at radius 2 is 1.89 bits per heavy atom. The molecule has 0 saturated carbocycles. The maximum Gasteiger partial charge on any atom is 0.235 e. The maximum atomic E-state index is 12.8. The predicted octanol–water partition coefficient (Wildman–Crippen LogP) is 4.09. The first kappa shape index (κ1) is 18.4. The van der Waals surface area contributed by atoms with Crippen molar-refractivity contribution in [2.75, 3.05) is 7.11 Å². The van der Waals surface area contributed by atoms with Crippen LogP contribution in [0.2, 0.25) is 0 Å². The largest absolute Gasteiger partial charge is 0.508 e. The van der Waals surface area contributed by atoms with Crippen molar-refractivity contribution in [1.29, 1.82) is 0 Å². The second kappa shape index (κ2) is 7.07. The third kappa shape index (κ3) is 3.33. The Bertz CT molecular complexity index is 1100. The fourth-order valence-electron chi connectivity index (χ4n) is 2.88. The number of phenolic OH excluding ortho intramolecular Hbond substituents is 3. The van der Waals surface area contributed by atoms with Crippen LogP contribution in [0, 0.1) is 0 Å². The minimum absolute atomic E-state index is 0.0169. The van der Waals surface area contributed by atoms with E-state index in [1.165, 1.54) is 31.4 Å². The molecule has 0 bridgehead atoms. The number of phenols is 3. The molecule has 0 aliphatic rings. The zero-order valence-corrected chi connectivity index (χ0v) is 15.2. The van der Waals surface area contributed by atoms with Crippen molar-refractivity contribution in [3.05, 3.63) is 57.8 Å². The number of allylic oxidation sites excluding steroid dienone is 2. The Morgan fingerprint density at radius 1 is 1.15 bits per heavy atom. The highest BCUT2D eigenvalue weighted by Gasteiger charge is 2.22. The summed E-state index contributed by atoms with van der Waals surface area (Å²) in [6, 6.07) is 7.07. The molecule has 27 heavy (non-hydrogen) atoms. The average Bonchev–Trinajstić information content (AvgIpc) is 2.62. The summed E-state index contributed by atoms with van der Waals surface area (Å²) in [5, 5.41) is 30.2. The molecule has 0 aliphatic heterocycles. The molecule has 0 aliphatic carbocycles. The topological polar surface area (TPSA) is 100 Å². The van der Waals surface area contributed by atoms with Gasteiger partial charge in [0.25, 0.3) is 0 Å². The van der Waals surface area contributed by atoms with Crippen LogP contribution in [0.4, 0.5) is 0 Å². The van der Waals surface area contributed by atoms with E-state index in [1.807, 2.05) is 19.9 Å². The van der Waals surface area contributed by atoms with Gasteiger partial charge in [-0.25, -0.2) is 0 Å². The number of aromatic hydroxyl groups is 3. The van der Waals surface area contributed by atoms with Crippen LogP contribution in [-0.4, -0.2) is 22.4 Å². The van der Waals surface area contributed by atoms with Crippen LogP contribution in [0.15, 0.2) is 51.2 Å². The van der Waals surface area contributed by atoms with E-state index in [4.69, 9.17) is 9.15 Å². The van der Waals surface area contributed by atoms with Crippen molar-refractivity contribution in [3.8, 4) is 34.3 Å². The van der Waals surface area contributed by atoms with Crippen molar-refractivity contribution in [2.24, 2.45) is 0 Å². The summed E-state index contributed by atoms with van der Waals surface area (Å²) < 4.78 is 11.2. The molecular formula is C21H20O6. The molecule has 0 saturated heterocycles. The molecule has 3 rings (SSSR count). The Kier molecular flexibility index (Phi) is 4.81. The van der Waals surface area contributed by atoms with Gasteiger partial charge in [0.15, 0.2) is 17.3 Å². The van der Waals surface area contributed by atoms with Crippen molar-refractivity contribution in [1.82, 2.24) is 0 Å². The molecule has 1 aromatic heterocycles. The number of hydrogen-bond acceptors (Lipinski definition) is 6. The number of rotatable bonds is 4. The van der Waals surface area contributed by atoms with Gasteiger partial charge in [0.05, 0.1) is 12.5 Å². The van der Waals surface area contributed by atoms with Crippen LogP contribution < -0.4 is 10.2 Å². The van der Waals surface area contributed by atoms with Crippen molar-refractivity contribution < 1.29 is 24.5 Å². The second-order valence-electron chi connectivity index (χ2n) is 6.42. The van der Waals surface area contributed by atoms with E-state index in [0.29, 0.717) is 17.5 Å². The summed E-state index contributed by atoms with van der Waals surface area (Å²) >= 11 is 0. The van der Waals surface area contributed by atoms with Crippen molar-refractivity contribution in [2.45, 2.75) is 20.3 Å². The Hall–Kier alpha value is -3.41. The van der Waals surface area contributed by atoms with E-state index in [9.17, 15) is 20.1 Å². The molecule has 6 heteroatoms. The van der Waals surface area contributed by atoms with Crippen LogP contribution in [0.3, 0.4) is 0 Å². The third-order valence-electron chi connectivity index (χ3n) is 4.26. The summed E-state index contributed by atoms with van der Waals surface area (Å²) in [4.78, 5) is 12.8. The number of ether oxygens (including phenoxy) is 1. The minimum Gasteiger partial charge on any atom is -0.508 e. The molecule has 0 unspecified atom stereocenters. The van der Waals surface area contributed by atoms with E-state index in [1.54, 1.807) is 6.07 Å². The summed E-state index contributed by atoms with van der Waals surface area (Å²) in [5.74, 6) is -0.494. The molecule has 140 valence electrons. The van der Waals surface area contributed by atoms with Gasteiger partial charge in [0, 0.05) is 17.2 Å². The fraction of sp³-hybridized carbons (Fsp3) is 0.190. The van der Waals surface area contributed by atoms with Crippen LogP contribution in [0.5, 0.6) is 23.0 Å². The zero-order valence-electron chi connectivity index (χ0n) is 15.2. The molecular weight excluding hydrogens is 348 g/mol. The zero-order chi connectivity index (χ0) is 19.7. The summed E-state index contributed by atoms with van der Waals surface area (Å²) in [6.07, 6.45) is 2.21. The van der Waals surface area contributed by atoms with Gasteiger partial charge in [-0.2, -0.15) is 0 Å². The van der Waals surface area contributed by atoms with Crippen LogP contribution in [0.25, 0.3) is 22.3 Å². The molecule has 6 nitrogen and oxygen atoms in total. The molecule has 0 fully saturated rings. The smallest absolute Gasteiger partial charge is 0.235 e. The monoisotopic (exact) mass is 368 g/mol. The highest BCUT2D eigenvalue weighted by atomic mass is 16.5. The lowest BCUT2D eigenvalue weighted by molar-refractivity contribution is 0.395. The average molecular weight is 368 g/mol. The van der Waals surface area contributed by atoms with Gasteiger partial charge in [0.1, 0.15) is 11.3 Å². The van der Waals surface area contributed by atoms with Gasteiger partial charge >= 0.3 is 0 Å². The van der Waals surface area contributed by atoms with E-state index in [0.717, 1.165) is 5.57 Å². The molecule has 1 heterocycles. The highest BCUT2D eigenvalue weighted by Crippen LogP contribution is 2.41. The van der Waals surface area contributed by atoms with Gasteiger partial charge in [-0.15, -0.1) is 0 Å². The molecule has 0 radical (unpaired) electrons. The molecule has 0 spiro atoms.